The Labute approximate surface area is 109 Å². The van der Waals surface area contributed by atoms with Gasteiger partial charge in [-0.25, -0.2) is 8.78 Å². The first-order valence-electron chi connectivity index (χ1n) is 5.76. The second kappa shape index (κ2) is 4.90. The molecular weight excluding hydrogens is 248 g/mol. The minimum atomic E-state index is -1.40. The topological polar surface area (TPSA) is 43.1 Å². The summed E-state index contributed by atoms with van der Waals surface area (Å²) in [6, 6.07) is 10.8. The molecule has 0 saturated heterocycles. The first kappa shape index (κ1) is 13.4. The highest BCUT2D eigenvalue weighted by Gasteiger charge is 2.34. The summed E-state index contributed by atoms with van der Waals surface area (Å²) in [4.78, 5) is 11.9. The van der Waals surface area contributed by atoms with Gasteiger partial charge in [-0.3, -0.25) is 4.79 Å². The van der Waals surface area contributed by atoms with Crippen LogP contribution in [0.2, 0.25) is 0 Å². The van der Waals surface area contributed by atoms with E-state index in [4.69, 9.17) is 5.73 Å². The molecule has 4 heteroatoms. The summed E-state index contributed by atoms with van der Waals surface area (Å²) in [5.74, 6) is -1.12. The van der Waals surface area contributed by atoms with E-state index in [1.807, 2.05) is 0 Å². The number of rotatable bonds is 3. The van der Waals surface area contributed by atoms with Crippen molar-refractivity contribution in [2.75, 3.05) is 0 Å². The van der Waals surface area contributed by atoms with Crippen molar-refractivity contribution >= 4 is 5.78 Å². The van der Waals surface area contributed by atoms with E-state index in [1.165, 1.54) is 55.5 Å². The Morgan fingerprint density at radius 3 is 1.47 bits per heavy atom. The number of benzene rings is 2. The molecule has 0 aliphatic rings. The lowest BCUT2D eigenvalue weighted by Gasteiger charge is -2.27. The minimum absolute atomic E-state index is 0.300. The predicted octanol–water partition coefficient (Wildman–Crippen LogP) is 2.76. The zero-order valence-corrected chi connectivity index (χ0v) is 10.4. The molecule has 19 heavy (non-hydrogen) atoms. The maximum absolute atomic E-state index is 13.0. The van der Waals surface area contributed by atoms with Crippen LogP contribution in [0, 0.1) is 11.6 Å². The monoisotopic (exact) mass is 261 g/mol. The van der Waals surface area contributed by atoms with Gasteiger partial charge in [-0.15, -0.1) is 0 Å². The standard InChI is InChI=1S/C15H13F2NO/c1-10(19)15(18,11-2-6-13(16)7-3-11)12-4-8-14(17)9-5-12/h2-9H,18H2,1H3. The largest absolute Gasteiger partial charge is 0.312 e. The van der Waals surface area contributed by atoms with E-state index >= 15 is 0 Å². The van der Waals surface area contributed by atoms with Gasteiger partial charge in [0.05, 0.1) is 0 Å². The summed E-state index contributed by atoms with van der Waals surface area (Å²) < 4.78 is 25.9. The summed E-state index contributed by atoms with van der Waals surface area (Å²) in [7, 11) is 0. The highest BCUT2D eigenvalue weighted by molar-refractivity contribution is 5.91. The van der Waals surface area contributed by atoms with Gasteiger partial charge in [0.25, 0.3) is 0 Å². The quantitative estimate of drug-likeness (QED) is 0.923. The van der Waals surface area contributed by atoms with Gasteiger partial charge in [0, 0.05) is 0 Å². The molecule has 2 N–H and O–H groups in total. The van der Waals surface area contributed by atoms with Crippen molar-refractivity contribution in [2.45, 2.75) is 12.5 Å². The molecule has 2 nitrogen and oxygen atoms in total. The van der Waals surface area contributed by atoms with Crippen LogP contribution in [0.15, 0.2) is 48.5 Å². The number of halogens is 2. The van der Waals surface area contributed by atoms with Gasteiger partial charge in [0.1, 0.15) is 17.2 Å². The molecule has 0 spiro atoms. The number of hydrogen-bond acceptors (Lipinski definition) is 2. The third kappa shape index (κ3) is 2.39. The van der Waals surface area contributed by atoms with Gasteiger partial charge in [-0.2, -0.15) is 0 Å². The fourth-order valence-corrected chi connectivity index (χ4v) is 2.00. The van der Waals surface area contributed by atoms with Crippen LogP contribution in [0.5, 0.6) is 0 Å². The molecule has 98 valence electrons. The molecular formula is C15H13F2NO. The van der Waals surface area contributed by atoms with Gasteiger partial charge >= 0.3 is 0 Å². The van der Waals surface area contributed by atoms with Gasteiger partial charge in [0.2, 0.25) is 0 Å². The van der Waals surface area contributed by atoms with Crippen molar-refractivity contribution in [3.8, 4) is 0 Å². The molecule has 0 aliphatic carbocycles. The molecule has 2 aromatic rings. The van der Waals surface area contributed by atoms with Crippen molar-refractivity contribution < 1.29 is 13.6 Å². The maximum Gasteiger partial charge on any atom is 0.158 e. The van der Waals surface area contributed by atoms with E-state index in [0.717, 1.165) is 0 Å². The zero-order valence-electron chi connectivity index (χ0n) is 10.4. The fraction of sp³-hybridized carbons (Fsp3) is 0.133. The molecule has 2 aromatic carbocycles. The number of Topliss-reactive ketones (excluding diaryl/α,β-unsaturated/α-hetero) is 1. The van der Waals surface area contributed by atoms with Crippen LogP contribution >= 0.6 is 0 Å². The third-order valence-corrected chi connectivity index (χ3v) is 3.15. The maximum atomic E-state index is 13.0. The molecule has 0 atom stereocenters. The number of ketones is 1. The third-order valence-electron chi connectivity index (χ3n) is 3.15. The van der Waals surface area contributed by atoms with Crippen LogP contribution in [0.3, 0.4) is 0 Å². The van der Waals surface area contributed by atoms with E-state index < -0.39 is 17.2 Å². The molecule has 0 fully saturated rings. The van der Waals surface area contributed by atoms with E-state index in [9.17, 15) is 13.6 Å². The smallest absolute Gasteiger partial charge is 0.158 e. The van der Waals surface area contributed by atoms with E-state index in [0.29, 0.717) is 11.1 Å². The molecule has 0 aromatic heterocycles. The lowest BCUT2D eigenvalue weighted by Crippen LogP contribution is -2.44. The van der Waals surface area contributed by atoms with E-state index in [-0.39, 0.29) is 5.78 Å². The van der Waals surface area contributed by atoms with Crippen molar-refractivity contribution in [1.29, 1.82) is 0 Å². The Morgan fingerprint density at radius 1 is 0.895 bits per heavy atom. The van der Waals surface area contributed by atoms with Crippen LogP contribution in [-0.2, 0) is 10.3 Å². The molecule has 0 bridgehead atoms. The van der Waals surface area contributed by atoms with Crippen molar-refractivity contribution in [1.82, 2.24) is 0 Å². The molecule has 0 unspecified atom stereocenters. The van der Waals surface area contributed by atoms with Crippen molar-refractivity contribution in [2.24, 2.45) is 5.73 Å². The summed E-state index contributed by atoms with van der Waals surface area (Å²) in [6.45, 7) is 1.35. The highest BCUT2D eigenvalue weighted by Crippen LogP contribution is 2.28. The van der Waals surface area contributed by atoms with Gasteiger partial charge in [0.15, 0.2) is 5.78 Å². The van der Waals surface area contributed by atoms with Crippen LogP contribution in [0.25, 0.3) is 0 Å². The first-order valence-corrected chi connectivity index (χ1v) is 5.76. The SMILES string of the molecule is CC(=O)C(N)(c1ccc(F)cc1)c1ccc(F)cc1. The fourth-order valence-electron chi connectivity index (χ4n) is 2.00. The van der Waals surface area contributed by atoms with Gasteiger partial charge in [-0.05, 0) is 42.3 Å². The second-order valence-electron chi connectivity index (χ2n) is 4.38. The Morgan fingerprint density at radius 2 is 1.21 bits per heavy atom. The second-order valence-corrected chi connectivity index (χ2v) is 4.38. The minimum Gasteiger partial charge on any atom is -0.312 e. The zero-order chi connectivity index (χ0) is 14.0. The van der Waals surface area contributed by atoms with Crippen LogP contribution in [0.1, 0.15) is 18.1 Å². The van der Waals surface area contributed by atoms with E-state index in [2.05, 4.69) is 0 Å². The first-order chi connectivity index (χ1) is 8.94. The van der Waals surface area contributed by atoms with Gasteiger partial charge < -0.3 is 5.73 Å². The molecule has 0 heterocycles. The lowest BCUT2D eigenvalue weighted by atomic mass is 9.81. The Balaban J connectivity index is 2.57. The molecule has 0 aliphatic heterocycles. The summed E-state index contributed by atoms with van der Waals surface area (Å²) >= 11 is 0. The number of hydrogen-bond donors (Lipinski definition) is 1. The number of carbonyl (C=O) groups excluding carboxylic acids is 1. The predicted molar refractivity (Wildman–Crippen MR) is 68.4 cm³/mol. The molecule has 0 amide bonds. The normalized spacial score (nSPS) is 11.4. The highest BCUT2D eigenvalue weighted by atomic mass is 19.1. The number of nitrogens with two attached hydrogens (primary N) is 1. The summed E-state index contributed by atoms with van der Waals surface area (Å²) in [6.07, 6.45) is 0. The average molecular weight is 261 g/mol. The summed E-state index contributed by atoms with van der Waals surface area (Å²) in [5, 5.41) is 0. The van der Waals surface area contributed by atoms with Crippen molar-refractivity contribution in [3.05, 3.63) is 71.3 Å². The van der Waals surface area contributed by atoms with Crippen LogP contribution in [-0.4, -0.2) is 5.78 Å². The van der Waals surface area contributed by atoms with Gasteiger partial charge in [-0.1, -0.05) is 24.3 Å². The summed E-state index contributed by atoms with van der Waals surface area (Å²) in [5.41, 5.74) is 5.72. The van der Waals surface area contributed by atoms with Crippen LogP contribution in [0.4, 0.5) is 8.78 Å². The average Bonchev–Trinajstić information content (AvgIpc) is 2.39. The molecule has 0 saturated carbocycles. The Kier molecular flexibility index (Phi) is 3.44. The Bertz CT molecular complexity index is 545. The number of carbonyl (C=O) groups is 1. The van der Waals surface area contributed by atoms with Crippen LogP contribution < -0.4 is 5.73 Å². The molecule has 0 radical (unpaired) electrons. The lowest BCUT2D eigenvalue weighted by molar-refractivity contribution is -0.121. The van der Waals surface area contributed by atoms with Crippen molar-refractivity contribution in [3.63, 3.8) is 0 Å². The molecule has 2 rings (SSSR count). The Hall–Kier alpha value is -2.07. The van der Waals surface area contributed by atoms with E-state index in [1.54, 1.807) is 0 Å².